The highest BCUT2D eigenvalue weighted by atomic mass is 32.2. The van der Waals surface area contributed by atoms with E-state index < -0.39 is 40.0 Å². The van der Waals surface area contributed by atoms with Crippen LogP contribution in [0.4, 0.5) is 0 Å². The van der Waals surface area contributed by atoms with Gasteiger partial charge in [-0.1, -0.05) is 17.7 Å². The molecule has 0 bridgehead atoms. The van der Waals surface area contributed by atoms with Gasteiger partial charge < -0.3 is 24.4 Å². The van der Waals surface area contributed by atoms with Gasteiger partial charge in [-0.15, -0.1) is 0 Å². The molecule has 1 aromatic rings. The van der Waals surface area contributed by atoms with Gasteiger partial charge in [-0.25, -0.2) is 0 Å². The summed E-state index contributed by atoms with van der Waals surface area (Å²) in [5.41, 5.74) is 0.890. The van der Waals surface area contributed by atoms with Crippen molar-refractivity contribution >= 4 is 10.1 Å². The first-order valence-corrected chi connectivity index (χ1v) is 9.30. The zero-order chi connectivity index (χ0) is 18.5. The number of ether oxygens (including phenoxy) is 3. The summed E-state index contributed by atoms with van der Waals surface area (Å²) in [6.45, 7) is 4.72. The molecule has 140 valence electrons. The topological polar surface area (TPSA) is 112 Å². The van der Waals surface area contributed by atoms with Crippen molar-refractivity contribution in [3.05, 3.63) is 29.8 Å². The van der Waals surface area contributed by atoms with Crippen LogP contribution in [-0.2, 0) is 28.5 Å². The van der Waals surface area contributed by atoms with Crippen molar-refractivity contribution in [3.63, 3.8) is 0 Å². The summed E-state index contributed by atoms with van der Waals surface area (Å²) in [4.78, 5) is -0.0707. The summed E-state index contributed by atoms with van der Waals surface area (Å²) < 4.78 is 47.1. The maximum absolute atomic E-state index is 12.6. The number of aliphatic hydroxyl groups excluding tert-OH is 2. The highest BCUT2D eigenvalue weighted by molar-refractivity contribution is 7.86. The van der Waals surface area contributed by atoms with Gasteiger partial charge in [0.05, 0.1) is 11.5 Å². The second-order valence-corrected chi connectivity index (χ2v) is 8.33. The van der Waals surface area contributed by atoms with E-state index in [9.17, 15) is 18.6 Å². The lowest BCUT2D eigenvalue weighted by atomic mass is 9.97. The molecule has 3 rings (SSSR count). The molecule has 9 heteroatoms. The molecule has 2 aliphatic heterocycles. The number of hydrogen-bond donors (Lipinski definition) is 2. The predicted molar refractivity (Wildman–Crippen MR) is 85.1 cm³/mol. The molecule has 1 aromatic carbocycles. The summed E-state index contributed by atoms with van der Waals surface area (Å²) in [6.07, 6.45) is -4.31. The average molecular weight is 374 g/mol. The molecule has 4 unspecified atom stereocenters. The number of aliphatic hydroxyl groups is 2. The summed E-state index contributed by atoms with van der Waals surface area (Å²) >= 11 is 0. The summed E-state index contributed by atoms with van der Waals surface area (Å²) in [6, 6.07) is 6.07. The van der Waals surface area contributed by atoms with Crippen LogP contribution < -0.4 is 0 Å². The van der Waals surface area contributed by atoms with E-state index in [-0.39, 0.29) is 18.1 Å². The van der Waals surface area contributed by atoms with Crippen molar-refractivity contribution in [3.8, 4) is 0 Å². The van der Waals surface area contributed by atoms with Gasteiger partial charge in [-0.2, -0.15) is 8.42 Å². The molecule has 2 N–H and O–H groups in total. The minimum atomic E-state index is -4.22. The minimum Gasteiger partial charge on any atom is -0.388 e. The molecule has 0 aromatic heterocycles. The van der Waals surface area contributed by atoms with Crippen LogP contribution in [0.3, 0.4) is 0 Å². The highest BCUT2D eigenvalue weighted by Crippen LogP contribution is 2.41. The molecular weight excluding hydrogens is 352 g/mol. The molecular formula is C16H22O8S. The predicted octanol–water partition coefficient (Wildman–Crippen LogP) is 0.300. The van der Waals surface area contributed by atoms with Gasteiger partial charge in [0.25, 0.3) is 10.1 Å². The fourth-order valence-electron chi connectivity index (χ4n) is 2.86. The van der Waals surface area contributed by atoms with Crippen molar-refractivity contribution in [2.24, 2.45) is 0 Å². The van der Waals surface area contributed by atoms with E-state index in [4.69, 9.17) is 18.4 Å². The quantitative estimate of drug-likeness (QED) is 0.727. The van der Waals surface area contributed by atoms with Gasteiger partial charge in [-0.05, 0) is 32.9 Å². The van der Waals surface area contributed by atoms with Crippen LogP contribution >= 0.6 is 0 Å². The number of hydrogen-bond acceptors (Lipinski definition) is 8. The molecule has 4 atom stereocenters. The van der Waals surface area contributed by atoms with Crippen LogP contribution in [0.5, 0.6) is 0 Å². The summed E-state index contributed by atoms with van der Waals surface area (Å²) in [7, 11) is -4.22. The molecule has 0 aliphatic carbocycles. The van der Waals surface area contributed by atoms with E-state index in [0.717, 1.165) is 5.56 Å². The molecule has 1 spiro atoms. The Morgan fingerprint density at radius 3 is 2.36 bits per heavy atom. The number of benzene rings is 1. The van der Waals surface area contributed by atoms with Crippen LogP contribution in [0, 0.1) is 6.92 Å². The zero-order valence-corrected chi connectivity index (χ0v) is 15.0. The Morgan fingerprint density at radius 1 is 1.16 bits per heavy atom. The second-order valence-electron chi connectivity index (χ2n) is 6.76. The SMILES string of the molecule is Cc1ccc(S(=O)(=O)OC2C(O)C(O)COC23COC(C)(C)O3)cc1. The molecule has 0 saturated carbocycles. The third kappa shape index (κ3) is 3.59. The zero-order valence-electron chi connectivity index (χ0n) is 14.2. The van der Waals surface area contributed by atoms with Gasteiger partial charge in [0.2, 0.25) is 5.79 Å². The van der Waals surface area contributed by atoms with Crippen LogP contribution in [0.2, 0.25) is 0 Å². The molecule has 2 saturated heterocycles. The molecule has 2 aliphatic rings. The smallest absolute Gasteiger partial charge is 0.297 e. The maximum atomic E-state index is 12.6. The molecule has 8 nitrogen and oxygen atoms in total. The van der Waals surface area contributed by atoms with E-state index in [1.165, 1.54) is 12.1 Å². The molecule has 0 amide bonds. The van der Waals surface area contributed by atoms with Crippen LogP contribution in [-0.4, -0.2) is 61.7 Å². The lowest BCUT2D eigenvalue weighted by Crippen LogP contribution is -2.63. The first-order chi connectivity index (χ1) is 11.5. The third-order valence-corrected chi connectivity index (χ3v) is 5.53. The normalized spacial score (nSPS) is 35.2. The van der Waals surface area contributed by atoms with Gasteiger partial charge in [0.1, 0.15) is 18.8 Å². The largest absolute Gasteiger partial charge is 0.388 e. The summed E-state index contributed by atoms with van der Waals surface area (Å²) in [5.74, 6) is -2.67. The number of rotatable bonds is 3. The maximum Gasteiger partial charge on any atom is 0.297 e. The van der Waals surface area contributed by atoms with E-state index in [0.29, 0.717) is 0 Å². The van der Waals surface area contributed by atoms with Crippen molar-refractivity contribution in [2.75, 3.05) is 13.2 Å². The summed E-state index contributed by atoms with van der Waals surface area (Å²) in [5, 5.41) is 20.2. The van der Waals surface area contributed by atoms with Gasteiger partial charge in [0, 0.05) is 0 Å². The van der Waals surface area contributed by atoms with Crippen molar-refractivity contribution < 1.29 is 37.0 Å². The fourth-order valence-corrected chi connectivity index (χ4v) is 3.97. The van der Waals surface area contributed by atoms with Crippen LogP contribution in [0.15, 0.2) is 29.2 Å². The van der Waals surface area contributed by atoms with E-state index >= 15 is 0 Å². The lowest BCUT2D eigenvalue weighted by Gasteiger charge is -2.43. The Morgan fingerprint density at radius 2 is 1.80 bits per heavy atom. The standard InChI is InChI=1S/C16H22O8S/c1-10-4-6-11(7-5-10)25(19,20)23-14-13(18)12(17)8-21-16(14)9-22-15(2,3)24-16/h4-7,12-14,17-18H,8-9H2,1-3H3. The second kappa shape index (κ2) is 6.27. The fraction of sp³-hybridized carbons (Fsp3) is 0.625. The van der Waals surface area contributed by atoms with E-state index in [1.54, 1.807) is 26.0 Å². The van der Waals surface area contributed by atoms with Crippen molar-refractivity contribution in [1.29, 1.82) is 0 Å². The Bertz CT molecular complexity index is 729. The third-order valence-electron chi connectivity index (χ3n) is 4.22. The monoisotopic (exact) mass is 374 g/mol. The molecule has 0 radical (unpaired) electrons. The Balaban J connectivity index is 1.92. The average Bonchev–Trinajstić information content (AvgIpc) is 2.85. The Kier molecular flexibility index (Phi) is 4.70. The molecule has 2 fully saturated rings. The Labute approximate surface area is 146 Å². The molecule has 25 heavy (non-hydrogen) atoms. The first-order valence-electron chi connectivity index (χ1n) is 7.89. The Hall–Kier alpha value is -1.07. The van der Waals surface area contributed by atoms with Crippen LogP contribution in [0.1, 0.15) is 19.4 Å². The van der Waals surface area contributed by atoms with Crippen LogP contribution in [0.25, 0.3) is 0 Å². The highest BCUT2D eigenvalue weighted by Gasteiger charge is 2.60. The van der Waals surface area contributed by atoms with E-state index in [1.807, 2.05) is 6.92 Å². The lowest BCUT2D eigenvalue weighted by molar-refractivity contribution is -0.331. The van der Waals surface area contributed by atoms with Crippen molar-refractivity contribution in [2.45, 2.75) is 55.6 Å². The van der Waals surface area contributed by atoms with Gasteiger partial charge in [-0.3, -0.25) is 4.18 Å². The first kappa shape index (κ1) is 18.7. The van der Waals surface area contributed by atoms with Gasteiger partial charge in [0.15, 0.2) is 11.9 Å². The van der Waals surface area contributed by atoms with Crippen molar-refractivity contribution in [1.82, 2.24) is 0 Å². The minimum absolute atomic E-state index is 0.0707. The van der Waals surface area contributed by atoms with E-state index in [2.05, 4.69) is 0 Å². The van der Waals surface area contributed by atoms with Gasteiger partial charge >= 0.3 is 0 Å². The number of aryl methyl sites for hydroxylation is 1. The molecule has 2 heterocycles.